The number of primary amides is 1. The van der Waals surface area contributed by atoms with Gasteiger partial charge < -0.3 is 15.4 Å². The molecule has 2 heterocycles. The summed E-state index contributed by atoms with van der Waals surface area (Å²) in [5.41, 5.74) is 5.25. The van der Waals surface area contributed by atoms with Gasteiger partial charge in [0.1, 0.15) is 5.82 Å². The van der Waals surface area contributed by atoms with E-state index in [1.807, 2.05) is 26.8 Å². The number of halogens is 1. The van der Waals surface area contributed by atoms with E-state index in [1.165, 1.54) is 0 Å². The van der Waals surface area contributed by atoms with Gasteiger partial charge in [0.05, 0.1) is 36.1 Å². The zero-order valence-electron chi connectivity index (χ0n) is 17.5. The molecule has 1 aliphatic heterocycles. The van der Waals surface area contributed by atoms with Crippen LogP contribution in [-0.4, -0.2) is 56.0 Å². The largest absolute Gasteiger partial charge is 0.377 e. The van der Waals surface area contributed by atoms with E-state index in [9.17, 15) is 9.00 Å². The van der Waals surface area contributed by atoms with Crippen molar-refractivity contribution in [3.05, 3.63) is 15.6 Å². The van der Waals surface area contributed by atoms with Gasteiger partial charge in [-0.15, -0.1) is 0 Å². The van der Waals surface area contributed by atoms with Crippen LogP contribution in [0.4, 0.5) is 5.82 Å². The molecule has 1 fully saturated rings. The number of morpholine rings is 1. The molecule has 1 aliphatic rings. The summed E-state index contributed by atoms with van der Waals surface area (Å²) in [5, 5.41) is 1.63. The van der Waals surface area contributed by atoms with Gasteiger partial charge in [-0.1, -0.05) is 0 Å². The Kier molecular flexibility index (Phi) is 7.03. The first-order chi connectivity index (χ1) is 12.7. The minimum Gasteiger partial charge on any atom is -0.377 e. The highest BCUT2D eigenvalue weighted by Gasteiger charge is 2.33. The fourth-order valence-electron chi connectivity index (χ4n) is 2.93. The average Bonchev–Trinajstić information content (AvgIpc) is 2.52. The SMILES string of the molecule is C[C@@H]1COCCN1c1cc(C[S@@](=O)(=CC(C)(C)C(N)=O)C(C)(C)C)nc(I)n1. The molecule has 7 nitrogen and oxygen atoms in total. The first-order valence-corrected chi connectivity index (χ1v) is 12.2. The molecular weight excluding hydrogens is 491 g/mol. The van der Waals surface area contributed by atoms with Gasteiger partial charge in [0.15, 0.2) is 3.83 Å². The molecular formula is C19H31IN4O3S. The van der Waals surface area contributed by atoms with Crippen LogP contribution in [0.15, 0.2) is 6.07 Å². The number of rotatable bonds is 5. The Bertz CT molecular complexity index is 857. The van der Waals surface area contributed by atoms with E-state index in [2.05, 4.69) is 44.4 Å². The van der Waals surface area contributed by atoms with Crippen LogP contribution in [0.25, 0.3) is 0 Å². The monoisotopic (exact) mass is 522 g/mol. The number of amides is 1. The minimum absolute atomic E-state index is 0.208. The van der Waals surface area contributed by atoms with Gasteiger partial charge in [-0.2, -0.15) is 0 Å². The van der Waals surface area contributed by atoms with E-state index < -0.39 is 25.6 Å². The Labute approximate surface area is 182 Å². The maximum absolute atomic E-state index is 14.0. The highest BCUT2D eigenvalue weighted by Crippen LogP contribution is 2.27. The van der Waals surface area contributed by atoms with E-state index in [0.717, 1.165) is 12.4 Å². The van der Waals surface area contributed by atoms with Crippen LogP contribution in [0.2, 0.25) is 0 Å². The Hall–Kier alpha value is -0.940. The second-order valence-electron chi connectivity index (χ2n) is 8.79. The Morgan fingerprint density at radius 2 is 2.04 bits per heavy atom. The summed E-state index contributed by atoms with van der Waals surface area (Å²) in [4.78, 5) is 23.1. The highest BCUT2D eigenvalue weighted by molar-refractivity contribution is 14.1. The van der Waals surface area contributed by atoms with Crippen LogP contribution in [-0.2, 0) is 24.8 Å². The van der Waals surface area contributed by atoms with Crippen molar-refractivity contribution in [1.82, 2.24) is 9.97 Å². The van der Waals surface area contributed by atoms with Crippen LogP contribution >= 0.6 is 22.6 Å². The Morgan fingerprint density at radius 1 is 1.39 bits per heavy atom. The van der Waals surface area contributed by atoms with Crippen LogP contribution in [0.1, 0.15) is 47.2 Å². The molecule has 1 amide bonds. The first kappa shape index (κ1) is 23.3. The molecule has 0 bridgehead atoms. The number of aromatic nitrogens is 2. The second-order valence-corrected chi connectivity index (χ2v) is 13.0. The van der Waals surface area contributed by atoms with Gasteiger partial charge in [-0.3, -0.25) is 9.00 Å². The smallest absolute Gasteiger partial charge is 0.227 e. The lowest BCUT2D eigenvalue weighted by Crippen LogP contribution is -2.44. The van der Waals surface area contributed by atoms with Crippen molar-refractivity contribution in [3.8, 4) is 0 Å². The van der Waals surface area contributed by atoms with Crippen molar-refractivity contribution in [3.63, 3.8) is 0 Å². The van der Waals surface area contributed by atoms with E-state index >= 15 is 0 Å². The van der Waals surface area contributed by atoms with Crippen molar-refractivity contribution >= 4 is 49.2 Å². The molecule has 9 heteroatoms. The fraction of sp³-hybridized carbons (Fsp3) is 0.684. The molecule has 28 heavy (non-hydrogen) atoms. The molecule has 0 radical (unpaired) electrons. The van der Waals surface area contributed by atoms with E-state index in [4.69, 9.17) is 10.5 Å². The van der Waals surface area contributed by atoms with E-state index in [-0.39, 0.29) is 11.8 Å². The molecule has 2 atom stereocenters. The zero-order chi connectivity index (χ0) is 21.3. The van der Waals surface area contributed by atoms with Gasteiger partial charge in [-0.25, -0.2) is 9.97 Å². The average molecular weight is 522 g/mol. The molecule has 1 aromatic heterocycles. The molecule has 0 spiro atoms. The predicted octanol–water partition coefficient (Wildman–Crippen LogP) is 2.20. The predicted molar refractivity (Wildman–Crippen MR) is 123 cm³/mol. The molecule has 0 aromatic carbocycles. The second kappa shape index (κ2) is 8.43. The highest BCUT2D eigenvalue weighted by atomic mass is 127. The summed E-state index contributed by atoms with van der Waals surface area (Å²) in [6.07, 6.45) is 0. The molecule has 1 aromatic rings. The van der Waals surface area contributed by atoms with Crippen molar-refractivity contribution in [2.45, 2.75) is 58.1 Å². The van der Waals surface area contributed by atoms with Crippen LogP contribution in [0.3, 0.4) is 0 Å². The summed E-state index contributed by atoms with van der Waals surface area (Å²) < 4.78 is 19.6. The fourth-order valence-corrected chi connectivity index (χ4v) is 6.01. The number of nitrogens with zero attached hydrogens (tertiary/aromatic N) is 3. The number of hydrogen-bond donors (Lipinski definition) is 1. The van der Waals surface area contributed by atoms with Crippen molar-refractivity contribution < 1.29 is 13.7 Å². The van der Waals surface area contributed by atoms with Gasteiger partial charge >= 0.3 is 0 Å². The van der Waals surface area contributed by atoms with Crippen LogP contribution in [0, 0.1) is 9.25 Å². The van der Waals surface area contributed by atoms with E-state index in [1.54, 1.807) is 19.2 Å². The molecule has 0 aliphatic carbocycles. The summed E-state index contributed by atoms with van der Waals surface area (Å²) in [6, 6.07) is 2.11. The molecule has 1 saturated heterocycles. The Balaban J connectivity index is 2.50. The molecule has 2 rings (SSSR count). The first-order valence-electron chi connectivity index (χ1n) is 9.30. The van der Waals surface area contributed by atoms with Gasteiger partial charge in [0.2, 0.25) is 5.91 Å². The van der Waals surface area contributed by atoms with Crippen LogP contribution in [0.5, 0.6) is 0 Å². The summed E-state index contributed by atoms with van der Waals surface area (Å²) >= 11 is 2.09. The van der Waals surface area contributed by atoms with E-state index in [0.29, 0.717) is 22.7 Å². The van der Waals surface area contributed by atoms with Gasteiger partial charge in [-0.05, 0) is 56.4 Å². The lowest BCUT2D eigenvalue weighted by molar-refractivity contribution is -0.122. The molecule has 0 unspecified atom stereocenters. The number of carbonyl (C=O) groups is 1. The lowest BCUT2D eigenvalue weighted by Gasteiger charge is -2.34. The number of carbonyl (C=O) groups excluding carboxylic acids is 1. The lowest BCUT2D eigenvalue weighted by atomic mass is 9.96. The normalized spacial score (nSPS) is 20.5. The molecule has 2 N–H and O–H groups in total. The Morgan fingerprint density at radius 3 is 2.57 bits per heavy atom. The quantitative estimate of drug-likeness (QED) is 0.362. The van der Waals surface area contributed by atoms with Gasteiger partial charge in [0, 0.05) is 39.9 Å². The van der Waals surface area contributed by atoms with Crippen molar-refractivity contribution in [1.29, 1.82) is 0 Å². The number of ether oxygens (including phenoxy) is 1. The summed E-state index contributed by atoms with van der Waals surface area (Å²) in [5.74, 6) is 0.553. The third kappa shape index (κ3) is 5.35. The number of anilines is 1. The zero-order valence-corrected chi connectivity index (χ0v) is 20.5. The van der Waals surface area contributed by atoms with Crippen molar-refractivity contribution in [2.75, 3.05) is 24.7 Å². The topological polar surface area (TPSA) is 98.4 Å². The van der Waals surface area contributed by atoms with Crippen LogP contribution < -0.4 is 10.6 Å². The van der Waals surface area contributed by atoms with Crippen molar-refractivity contribution in [2.24, 2.45) is 11.1 Å². The molecule has 0 saturated carbocycles. The minimum atomic E-state index is -2.60. The third-order valence-corrected chi connectivity index (χ3v) is 9.17. The summed E-state index contributed by atoms with van der Waals surface area (Å²) in [7, 11) is -2.60. The number of hydrogen-bond acceptors (Lipinski definition) is 6. The number of nitrogens with two attached hydrogens (primary N) is 1. The standard InChI is InChI=1S/C19H31IN4O3S/c1-13-10-27-8-7-24(13)15-9-14(22-17(20)23-15)11-28(26,18(2,3)4)12-19(5,6)16(21)25/h9,12-13H,7-8,10-11H2,1-6H3,(H2,21,25)/t13-,28-/m1/s1. The third-order valence-electron chi connectivity index (χ3n) is 4.92. The maximum Gasteiger partial charge on any atom is 0.227 e. The molecule has 158 valence electrons. The van der Waals surface area contributed by atoms with Gasteiger partial charge in [0.25, 0.3) is 0 Å². The maximum atomic E-state index is 14.0. The summed E-state index contributed by atoms with van der Waals surface area (Å²) in [6.45, 7) is 13.3.